The Morgan fingerprint density at radius 1 is 1.53 bits per heavy atom. The molecular weight excluding hydrogens is 258 g/mol. The van der Waals surface area contributed by atoms with Crippen molar-refractivity contribution in [2.75, 3.05) is 13.7 Å². The third-order valence-corrected chi connectivity index (χ3v) is 2.77. The minimum Gasteiger partial charge on any atom is -0.506 e. The van der Waals surface area contributed by atoms with E-state index in [4.69, 9.17) is 4.74 Å². The van der Waals surface area contributed by atoms with Crippen LogP contribution in [0.4, 0.5) is 0 Å². The molecule has 0 spiro atoms. The third kappa shape index (κ3) is 3.81. The lowest BCUT2D eigenvalue weighted by Gasteiger charge is -2.13. The predicted molar refractivity (Wildman–Crippen MR) is 64.0 cm³/mol. The second kappa shape index (κ2) is 6.10. The summed E-state index contributed by atoms with van der Waals surface area (Å²) in [6.45, 7) is 3.34. The van der Waals surface area contributed by atoms with Crippen molar-refractivity contribution in [1.82, 2.24) is 5.32 Å². The highest BCUT2D eigenvalue weighted by Crippen LogP contribution is 2.27. The Labute approximate surface area is 98.6 Å². The van der Waals surface area contributed by atoms with E-state index >= 15 is 0 Å². The van der Waals surface area contributed by atoms with E-state index in [1.165, 1.54) is 0 Å². The fraction of sp³-hybridized carbons (Fsp3) is 0.455. The molecule has 0 aliphatic rings. The smallest absolute Gasteiger partial charge is 0.134 e. The molecule has 0 fully saturated rings. The average molecular weight is 274 g/mol. The van der Waals surface area contributed by atoms with E-state index in [2.05, 4.69) is 21.2 Å². The maximum Gasteiger partial charge on any atom is 0.134 e. The molecule has 0 bridgehead atoms. The molecule has 1 aromatic carbocycles. The van der Waals surface area contributed by atoms with Gasteiger partial charge in [-0.3, -0.25) is 0 Å². The van der Waals surface area contributed by atoms with E-state index in [1.54, 1.807) is 7.11 Å². The Kier molecular flexibility index (Phi) is 5.08. The van der Waals surface area contributed by atoms with Gasteiger partial charge in [0.15, 0.2) is 0 Å². The summed E-state index contributed by atoms with van der Waals surface area (Å²) in [4.78, 5) is 0. The topological polar surface area (TPSA) is 41.5 Å². The number of methoxy groups -OCH3 is 1. The summed E-state index contributed by atoms with van der Waals surface area (Å²) in [6.07, 6.45) is 0. The number of phenols is 1. The Balaban J connectivity index is 2.54. The monoisotopic (exact) mass is 273 g/mol. The molecule has 15 heavy (non-hydrogen) atoms. The van der Waals surface area contributed by atoms with Gasteiger partial charge >= 0.3 is 0 Å². The number of rotatable bonds is 5. The third-order valence-electron chi connectivity index (χ3n) is 2.13. The van der Waals surface area contributed by atoms with Crippen LogP contribution in [0.2, 0.25) is 0 Å². The van der Waals surface area contributed by atoms with Crippen LogP contribution in [-0.4, -0.2) is 24.9 Å². The van der Waals surface area contributed by atoms with Crippen molar-refractivity contribution in [3.63, 3.8) is 0 Å². The van der Waals surface area contributed by atoms with E-state index in [0.717, 1.165) is 10.0 Å². The minimum absolute atomic E-state index is 0.272. The van der Waals surface area contributed by atoms with Crippen molar-refractivity contribution < 1.29 is 9.84 Å². The van der Waals surface area contributed by atoms with Gasteiger partial charge in [-0.15, -0.1) is 0 Å². The summed E-state index contributed by atoms with van der Waals surface area (Å²) in [5.74, 6) is 0.301. The fourth-order valence-corrected chi connectivity index (χ4v) is 1.70. The van der Waals surface area contributed by atoms with Crippen LogP contribution >= 0.6 is 15.9 Å². The molecule has 3 nitrogen and oxygen atoms in total. The van der Waals surface area contributed by atoms with Crippen LogP contribution in [0.1, 0.15) is 12.5 Å². The van der Waals surface area contributed by atoms with Crippen molar-refractivity contribution >= 4 is 15.9 Å². The average Bonchev–Trinajstić information content (AvgIpc) is 2.21. The van der Waals surface area contributed by atoms with Gasteiger partial charge in [-0.25, -0.2) is 0 Å². The summed E-state index contributed by atoms with van der Waals surface area (Å²) >= 11 is 3.28. The van der Waals surface area contributed by atoms with Crippen LogP contribution in [0.15, 0.2) is 22.7 Å². The predicted octanol–water partition coefficient (Wildman–Crippen LogP) is 2.28. The molecule has 84 valence electrons. The Morgan fingerprint density at radius 2 is 2.27 bits per heavy atom. The zero-order chi connectivity index (χ0) is 11.3. The summed E-state index contributed by atoms with van der Waals surface area (Å²) in [6, 6.07) is 5.89. The molecule has 0 saturated heterocycles. The second-order valence-corrected chi connectivity index (χ2v) is 4.34. The lowest BCUT2D eigenvalue weighted by atomic mass is 10.2. The van der Waals surface area contributed by atoms with Crippen molar-refractivity contribution in [3.8, 4) is 5.75 Å². The number of benzene rings is 1. The van der Waals surface area contributed by atoms with Crippen LogP contribution in [0, 0.1) is 0 Å². The SMILES string of the molecule is COCC(C)NCc1cccc(Br)c1O. The molecule has 1 atom stereocenters. The highest BCUT2D eigenvalue weighted by atomic mass is 79.9. The first-order valence-corrected chi connectivity index (χ1v) is 5.63. The zero-order valence-electron chi connectivity index (χ0n) is 8.96. The molecule has 4 heteroatoms. The number of ether oxygens (including phenoxy) is 1. The number of phenolic OH excluding ortho intramolecular Hbond substituents is 1. The zero-order valence-corrected chi connectivity index (χ0v) is 10.5. The minimum atomic E-state index is 0.272. The molecule has 0 aliphatic heterocycles. The molecule has 0 aliphatic carbocycles. The summed E-state index contributed by atoms with van der Waals surface area (Å²) in [5.41, 5.74) is 0.882. The van der Waals surface area contributed by atoms with Gasteiger partial charge in [0.2, 0.25) is 0 Å². The van der Waals surface area contributed by atoms with Crippen LogP contribution in [0.25, 0.3) is 0 Å². The summed E-state index contributed by atoms with van der Waals surface area (Å²) in [5, 5.41) is 13.0. The van der Waals surface area contributed by atoms with Crippen LogP contribution in [0.3, 0.4) is 0 Å². The van der Waals surface area contributed by atoms with E-state index in [0.29, 0.717) is 18.9 Å². The first-order chi connectivity index (χ1) is 7.15. The fourth-order valence-electron chi connectivity index (χ4n) is 1.30. The molecule has 0 radical (unpaired) electrons. The number of halogens is 1. The lowest BCUT2D eigenvalue weighted by molar-refractivity contribution is 0.171. The highest BCUT2D eigenvalue weighted by Gasteiger charge is 2.06. The van der Waals surface area contributed by atoms with Gasteiger partial charge in [-0.2, -0.15) is 0 Å². The van der Waals surface area contributed by atoms with Crippen LogP contribution in [-0.2, 0) is 11.3 Å². The standard InChI is InChI=1S/C11H16BrNO2/c1-8(7-15-2)13-6-9-4-3-5-10(12)11(9)14/h3-5,8,13-14H,6-7H2,1-2H3. The molecule has 0 aromatic heterocycles. The van der Waals surface area contributed by atoms with Crippen molar-refractivity contribution in [2.45, 2.75) is 19.5 Å². The molecule has 1 aromatic rings. The van der Waals surface area contributed by atoms with Gasteiger partial charge in [0.05, 0.1) is 11.1 Å². The van der Waals surface area contributed by atoms with Gasteiger partial charge in [0, 0.05) is 25.3 Å². The lowest BCUT2D eigenvalue weighted by Crippen LogP contribution is -2.29. The maximum atomic E-state index is 9.72. The van der Waals surface area contributed by atoms with Crippen molar-refractivity contribution in [1.29, 1.82) is 0 Å². The Morgan fingerprint density at radius 3 is 2.93 bits per heavy atom. The first kappa shape index (κ1) is 12.5. The van der Waals surface area contributed by atoms with Crippen LogP contribution < -0.4 is 5.32 Å². The van der Waals surface area contributed by atoms with Crippen LogP contribution in [0.5, 0.6) is 5.75 Å². The Hall–Kier alpha value is -0.580. The number of hydrogen-bond donors (Lipinski definition) is 2. The molecule has 0 heterocycles. The number of nitrogens with one attached hydrogen (secondary N) is 1. The number of para-hydroxylation sites is 1. The summed E-state index contributed by atoms with van der Waals surface area (Å²) < 4.78 is 5.74. The second-order valence-electron chi connectivity index (χ2n) is 3.48. The quantitative estimate of drug-likeness (QED) is 0.865. The van der Waals surface area contributed by atoms with E-state index in [1.807, 2.05) is 25.1 Å². The molecular formula is C11H16BrNO2. The molecule has 0 amide bonds. The highest BCUT2D eigenvalue weighted by molar-refractivity contribution is 9.10. The van der Waals surface area contributed by atoms with Gasteiger partial charge in [-0.1, -0.05) is 12.1 Å². The van der Waals surface area contributed by atoms with E-state index < -0.39 is 0 Å². The number of aromatic hydroxyl groups is 1. The van der Waals surface area contributed by atoms with Gasteiger partial charge in [0.1, 0.15) is 5.75 Å². The number of hydrogen-bond acceptors (Lipinski definition) is 3. The maximum absolute atomic E-state index is 9.72. The normalized spacial score (nSPS) is 12.7. The molecule has 2 N–H and O–H groups in total. The molecule has 1 unspecified atom stereocenters. The van der Waals surface area contributed by atoms with Gasteiger partial charge in [0.25, 0.3) is 0 Å². The van der Waals surface area contributed by atoms with E-state index in [9.17, 15) is 5.11 Å². The van der Waals surface area contributed by atoms with Crippen molar-refractivity contribution in [3.05, 3.63) is 28.2 Å². The van der Waals surface area contributed by atoms with Gasteiger partial charge in [-0.05, 0) is 28.9 Å². The van der Waals surface area contributed by atoms with Gasteiger partial charge < -0.3 is 15.2 Å². The Bertz CT molecular complexity index is 317. The molecule has 1 rings (SSSR count). The first-order valence-electron chi connectivity index (χ1n) is 4.83. The van der Waals surface area contributed by atoms with Crippen molar-refractivity contribution in [2.24, 2.45) is 0 Å². The summed E-state index contributed by atoms with van der Waals surface area (Å²) in [7, 11) is 1.68. The molecule has 0 saturated carbocycles. The van der Waals surface area contributed by atoms with E-state index in [-0.39, 0.29) is 6.04 Å². The largest absolute Gasteiger partial charge is 0.506 e.